The summed E-state index contributed by atoms with van der Waals surface area (Å²) in [6.07, 6.45) is 0.826. The lowest BCUT2D eigenvalue weighted by atomic mass is 10.1. The van der Waals surface area contributed by atoms with Gasteiger partial charge in [0.2, 0.25) is 0 Å². The van der Waals surface area contributed by atoms with Gasteiger partial charge in [-0.1, -0.05) is 19.1 Å². The van der Waals surface area contributed by atoms with Crippen molar-refractivity contribution in [1.82, 2.24) is 0 Å². The number of rotatable bonds is 5. The molecule has 0 saturated heterocycles. The maximum atomic E-state index is 13.9. The molecule has 3 nitrogen and oxygen atoms in total. The molecular weight excluding hydrogens is 267 g/mol. The summed E-state index contributed by atoms with van der Waals surface area (Å²) in [5.74, 6) is -0.192. The van der Waals surface area contributed by atoms with Crippen LogP contribution in [0.2, 0.25) is 0 Å². The summed E-state index contributed by atoms with van der Waals surface area (Å²) in [5.41, 5.74) is 9.23. The summed E-state index contributed by atoms with van der Waals surface area (Å²) in [4.78, 5) is 1.93. The molecule has 0 amide bonds. The van der Waals surface area contributed by atoms with Crippen LogP contribution in [0.1, 0.15) is 18.9 Å². The Kier molecular flexibility index (Phi) is 4.68. The molecule has 0 unspecified atom stereocenters. The number of hydrogen-bond acceptors (Lipinski definition) is 3. The Morgan fingerprint density at radius 2 is 2.00 bits per heavy atom. The second-order valence-electron chi connectivity index (χ2n) is 5.09. The molecule has 0 aliphatic carbocycles. The van der Waals surface area contributed by atoms with Gasteiger partial charge in [0.25, 0.3) is 0 Å². The first-order valence-corrected chi connectivity index (χ1v) is 7.05. The second-order valence-corrected chi connectivity index (χ2v) is 5.09. The highest BCUT2D eigenvalue weighted by Crippen LogP contribution is 2.34. The lowest BCUT2D eigenvalue weighted by Crippen LogP contribution is -2.12. The molecule has 0 fully saturated rings. The molecule has 0 bridgehead atoms. The van der Waals surface area contributed by atoms with Gasteiger partial charge < -0.3 is 15.4 Å². The minimum atomic E-state index is -0.428. The van der Waals surface area contributed by atoms with Crippen LogP contribution in [-0.4, -0.2) is 13.7 Å². The fourth-order valence-electron chi connectivity index (χ4n) is 2.15. The molecule has 2 rings (SSSR count). The predicted molar refractivity (Wildman–Crippen MR) is 85.8 cm³/mol. The minimum Gasteiger partial charge on any atom is -0.490 e. The number of benzene rings is 2. The van der Waals surface area contributed by atoms with Crippen LogP contribution >= 0.6 is 0 Å². The summed E-state index contributed by atoms with van der Waals surface area (Å²) < 4.78 is 19.3. The highest BCUT2D eigenvalue weighted by atomic mass is 19.1. The van der Waals surface area contributed by atoms with Gasteiger partial charge in [0.05, 0.1) is 18.0 Å². The molecule has 0 heterocycles. The van der Waals surface area contributed by atoms with Gasteiger partial charge in [-0.2, -0.15) is 0 Å². The summed E-state index contributed by atoms with van der Waals surface area (Å²) in [7, 11) is 1.90. The first-order valence-electron chi connectivity index (χ1n) is 7.05. The van der Waals surface area contributed by atoms with Crippen molar-refractivity contribution in [2.45, 2.75) is 20.3 Å². The van der Waals surface area contributed by atoms with E-state index in [1.807, 2.05) is 44.0 Å². The summed E-state index contributed by atoms with van der Waals surface area (Å²) in [6, 6.07) is 11.0. The molecule has 0 aromatic heterocycles. The number of nitrogens with two attached hydrogens (primary N) is 1. The molecule has 2 N–H and O–H groups in total. The lowest BCUT2D eigenvalue weighted by molar-refractivity contribution is 0.301. The molecule has 2 aromatic rings. The van der Waals surface area contributed by atoms with E-state index in [9.17, 15) is 4.39 Å². The van der Waals surface area contributed by atoms with Crippen molar-refractivity contribution in [1.29, 1.82) is 0 Å². The van der Waals surface area contributed by atoms with E-state index in [-0.39, 0.29) is 5.75 Å². The van der Waals surface area contributed by atoms with Crippen molar-refractivity contribution >= 4 is 17.1 Å². The van der Waals surface area contributed by atoms with Crippen LogP contribution in [0.3, 0.4) is 0 Å². The number of aryl methyl sites for hydroxylation is 1. The average molecular weight is 288 g/mol. The zero-order valence-electron chi connectivity index (χ0n) is 12.7. The largest absolute Gasteiger partial charge is 0.490 e. The molecule has 2 aromatic carbocycles. The van der Waals surface area contributed by atoms with Gasteiger partial charge in [-0.15, -0.1) is 0 Å². The quantitative estimate of drug-likeness (QED) is 0.835. The summed E-state index contributed by atoms with van der Waals surface area (Å²) in [6.45, 7) is 4.49. The fraction of sp³-hybridized carbons (Fsp3) is 0.294. The zero-order valence-corrected chi connectivity index (χ0v) is 12.7. The maximum Gasteiger partial charge on any atom is 0.167 e. The maximum absolute atomic E-state index is 13.9. The van der Waals surface area contributed by atoms with Crippen LogP contribution in [0.15, 0.2) is 36.4 Å². The normalized spacial score (nSPS) is 10.5. The Hall–Kier alpha value is -2.23. The topological polar surface area (TPSA) is 38.5 Å². The van der Waals surface area contributed by atoms with Crippen molar-refractivity contribution in [3.05, 3.63) is 47.8 Å². The van der Waals surface area contributed by atoms with Crippen LogP contribution in [0.25, 0.3) is 0 Å². The van der Waals surface area contributed by atoms with Crippen LogP contribution < -0.4 is 15.4 Å². The Bertz CT molecular complexity index is 628. The SMILES string of the molecule is CCCOc1cc(N(C)c2cccc(C)c2)c(N)cc1F. The van der Waals surface area contributed by atoms with E-state index in [1.165, 1.54) is 6.07 Å². The van der Waals surface area contributed by atoms with Crippen molar-refractivity contribution in [2.75, 3.05) is 24.3 Å². The van der Waals surface area contributed by atoms with E-state index in [2.05, 4.69) is 6.07 Å². The molecule has 112 valence electrons. The third kappa shape index (κ3) is 3.45. The number of hydrogen-bond donors (Lipinski definition) is 1. The van der Waals surface area contributed by atoms with Crippen LogP contribution in [0, 0.1) is 12.7 Å². The monoisotopic (exact) mass is 288 g/mol. The molecular formula is C17H21FN2O. The first-order chi connectivity index (χ1) is 10.0. The standard InChI is InChI=1S/C17H21FN2O/c1-4-8-21-17-11-16(15(19)10-14(17)18)20(3)13-7-5-6-12(2)9-13/h5-7,9-11H,4,8,19H2,1-3H3. The number of ether oxygens (including phenoxy) is 1. The smallest absolute Gasteiger partial charge is 0.167 e. The fourth-order valence-corrected chi connectivity index (χ4v) is 2.15. The van der Waals surface area contributed by atoms with E-state index >= 15 is 0 Å². The first kappa shape index (κ1) is 15.2. The van der Waals surface area contributed by atoms with Gasteiger partial charge in [-0.05, 0) is 31.0 Å². The number of nitrogen functional groups attached to an aromatic ring is 1. The zero-order chi connectivity index (χ0) is 15.4. The third-order valence-corrected chi connectivity index (χ3v) is 3.29. The van der Waals surface area contributed by atoms with E-state index < -0.39 is 5.82 Å². The van der Waals surface area contributed by atoms with Gasteiger partial charge in [0.15, 0.2) is 11.6 Å². The molecule has 0 saturated carbocycles. The third-order valence-electron chi connectivity index (χ3n) is 3.29. The number of nitrogens with zero attached hydrogens (tertiary/aromatic N) is 1. The minimum absolute atomic E-state index is 0.237. The van der Waals surface area contributed by atoms with E-state index in [0.717, 1.165) is 23.4 Å². The molecule has 21 heavy (non-hydrogen) atoms. The molecule has 0 atom stereocenters. The second kappa shape index (κ2) is 6.48. The Morgan fingerprint density at radius 3 is 2.67 bits per heavy atom. The highest BCUT2D eigenvalue weighted by Gasteiger charge is 2.13. The molecule has 4 heteroatoms. The number of anilines is 3. The Balaban J connectivity index is 2.38. The molecule has 0 aliphatic rings. The van der Waals surface area contributed by atoms with Gasteiger partial charge >= 0.3 is 0 Å². The van der Waals surface area contributed by atoms with Crippen molar-refractivity contribution in [3.8, 4) is 5.75 Å². The van der Waals surface area contributed by atoms with Gasteiger partial charge in [-0.3, -0.25) is 0 Å². The van der Waals surface area contributed by atoms with E-state index in [0.29, 0.717) is 12.3 Å². The Labute approximate surface area is 125 Å². The summed E-state index contributed by atoms with van der Waals surface area (Å²) in [5, 5.41) is 0. The van der Waals surface area contributed by atoms with Crippen molar-refractivity contribution in [2.24, 2.45) is 0 Å². The van der Waals surface area contributed by atoms with Crippen LogP contribution in [0.4, 0.5) is 21.5 Å². The molecule has 0 aliphatic heterocycles. The van der Waals surface area contributed by atoms with Crippen molar-refractivity contribution < 1.29 is 9.13 Å². The van der Waals surface area contributed by atoms with Gasteiger partial charge in [-0.25, -0.2) is 4.39 Å². The number of halogens is 1. The van der Waals surface area contributed by atoms with Crippen LogP contribution in [0.5, 0.6) is 5.75 Å². The lowest BCUT2D eigenvalue weighted by Gasteiger charge is -2.22. The molecule has 0 spiro atoms. The van der Waals surface area contributed by atoms with E-state index in [4.69, 9.17) is 10.5 Å². The van der Waals surface area contributed by atoms with Gasteiger partial charge in [0, 0.05) is 24.9 Å². The van der Waals surface area contributed by atoms with Crippen molar-refractivity contribution in [3.63, 3.8) is 0 Å². The predicted octanol–water partition coefficient (Wildman–Crippen LogP) is 4.27. The average Bonchev–Trinajstić information content (AvgIpc) is 2.46. The van der Waals surface area contributed by atoms with E-state index in [1.54, 1.807) is 6.07 Å². The molecule has 0 radical (unpaired) electrons. The van der Waals surface area contributed by atoms with Gasteiger partial charge in [0.1, 0.15) is 0 Å². The van der Waals surface area contributed by atoms with Crippen LogP contribution in [-0.2, 0) is 0 Å². The Morgan fingerprint density at radius 1 is 1.24 bits per heavy atom. The highest BCUT2D eigenvalue weighted by molar-refractivity contribution is 5.76. The summed E-state index contributed by atoms with van der Waals surface area (Å²) >= 11 is 0.